The average molecular weight is 400 g/mol. The van der Waals surface area contributed by atoms with Crippen molar-refractivity contribution >= 4 is 17.3 Å². The summed E-state index contributed by atoms with van der Waals surface area (Å²) in [6.07, 6.45) is 2.68. The van der Waals surface area contributed by atoms with E-state index in [0.717, 1.165) is 29.8 Å². The van der Waals surface area contributed by atoms with Gasteiger partial charge in [-0.15, -0.1) is 11.3 Å². The predicted molar refractivity (Wildman–Crippen MR) is 119 cm³/mol. The Morgan fingerprint density at radius 3 is 2.32 bits per heavy atom. The second-order valence-corrected chi connectivity index (χ2v) is 9.40. The molecule has 0 aliphatic carbocycles. The van der Waals surface area contributed by atoms with Gasteiger partial charge in [0.15, 0.2) is 5.96 Å². The van der Waals surface area contributed by atoms with E-state index in [1.165, 1.54) is 37.1 Å². The minimum atomic E-state index is 0.0929. The van der Waals surface area contributed by atoms with Crippen LogP contribution in [0.4, 0.5) is 0 Å². The molecule has 2 aromatic rings. The van der Waals surface area contributed by atoms with E-state index in [4.69, 9.17) is 4.98 Å². The molecule has 1 aromatic carbocycles. The number of nitrogens with zero attached hydrogens (tertiary/aromatic N) is 3. The van der Waals surface area contributed by atoms with Crippen LogP contribution < -0.4 is 10.6 Å². The zero-order valence-electron chi connectivity index (χ0n) is 17.6. The summed E-state index contributed by atoms with van der Waals surface area (Å²) in [7, 11) is 1.80. The van der Waals surface area contributed by atoms with E-state index in [1.807, 2.05) is 0 Å². The van der Waals surface area contributed by atoms with Crippen molar-refractivity contribution in [2.75, 3.05) is 20.1 Å². The average Bonchev–Trinajstić information content (AvgIpc) is 3.35. The van der Waals surface area contributed by atoms with Crippen LogP contribution in [0.15, 0.2) is 34.6 Å². The van der Waals surface area contributed by atoms with Crippen molar-refractivity contribution < 1.29 is 0 Å². The number of hydrogen-bond acceptors (Lipinski definition) is 4. The van der Waals surface area contributed by atoms with Gasteiger partial charge in [-0.1, -0.05) is 45.0 Å². The van der Waals surface area contributed by atoms with E-state index in [0.29, 0.717) is 6.54 Å². The van der Waals surface area contributed by atoms with Crippen LogP contribution in [0.3, 0.4) is 0 Å². The fraction of sp³-hybridized carbons (Fsp3) is 0.545. The molecule has 0 bridgehead atoms. The number of rotatable bonds is 6. The summed E-state index contributed by atoms with van der Waals surface area (Å²) in [4.78, 5) is 11.6. The molecule has 0 spiro atoms. The molecular weight excluding hydrogens is 366 g/mol. The minimum absolute atomic E-state index is 0.0929. The lowest BCUT2D eigenvalue weighted by molar-refractivity contribution is 0.331. The van der Waals surface area contributed by atoms with Gasteiger partial charge < -0.3 is 10.6 Å². The van der Waals surface area contributed by atoms with E-state index in [9.17, 15) is 0 Å². The SMILES string of the molecule is CN=C(NCc1ccc(CN2CCCC2)cc1)NCc1nc(C(C)(C)C)cs1. The molecule has 1 fully saturated rings. The van der Waals surface area contributed by atoms with Crippen LogP contribution in [0, 0.1) is 0 Å². The zero-order valence-corrected chi connectivity index (χ0v) is 18.4. The van der Waals surface area contributed by atoms with Crippen molar-refractivity contribution in [3.05, 3.63) is 51.5 Å². The first-order valence-corrected chi connectivity index (χ1v) is 11.0. The summed E-state index contributed by atoms with van der Waals surface area (Å²) in [5.41, 5.74) is 3.89. The van der Waals surface area contributed by atoms with Crippen molar-refractivity contribution in [3.63, 3.8) is 0 Å². The monoisotopic (exact) mass is 399 g/mol. The Labute approximate surface area is 173 Å². The van der Waals surface area contributed by atoms with Crippen LogP contribution in [-0.4, -0.2) is 36.0 Å². The summed E-state index contributed by atoms with van der Waals surface area (Å²) < 4.78 is 0. The van der Waals surface area contributed by atoms with Gasteiger partial charge in [0, 0.05) is 30.9 Å². The molecule has 0 unspecified atom stereocenters. The normalized spacial score (nSPS) is 15.8. The first-order valence-electron chi connectivity index (χ1n) is 10.1. The van der Waals surface area contributed by atoms with Gasteiger partial charge in [0.05, 0.1) is 12.2 Å². The third-order valence-electron chi connectivity index (χ3n) is 5.04. The molecule has 3 rings (SSSR count). The summed E-state index contributed by atoms with van der Waals surface area (Å²) in [6, 6.07) is 8.91. The van der Waals surface area contributed by atoms with Crippen molar-refractivity contribution in [3.8, 4) is 0 Å². The number of nitrogens with one attached hydrogen (secondary N) is 2. The first-order chi connectivity index (χ1) is 13.4. The Hall–Kier alpha value is -1.92. The highest BCUT2D eigenvalue weighted by molar-refractivity contribution is 7.09. The van der Waals surface area contributed by atoms with Gasteiger partial charge in [0.25, 0.3) is 0 Å². The van der Waals surface area contributed by atoms with Crippen molar-refractivity contribution in [2.45, 2.75) is 58.7 Å². The van der Waals surface area contributed by atoms with Gasteiger partial charge in [0.1, 0.15) is 5.01 Å². The van der Waals surface area contributed by atoms with Gasteiger partial charge in [-0.25, -0.2) is 4.98 Å². The summed E-state index contributed by atoms with van der Waals surface area (Å²) in [5, 5.41) is 9.98. The van der Waals surface area contributed by atoms with Crippen LogP contribution in [0.25, 0.3) is 0 Å². The third kappa shape index (κ3) is 6.04. The molecule has 2 N–H and O–H groups in total. The van der Waals surface area contributed by atoms with E-state index in [1.54, 1.807) is 18.4 Å². The molecule has 1 aliphatic heterocycles. The lowest BCUT2D eigenvalue weighted by Crippen LogP contribution is -2.36. The number of hydrogen-bond donors (Lipinski definition) is 2. The zero-order chi connectivity index (χ0) is 20.0. The molecule has 0 amide bonds. The van der Waals surface area contributed by atoms with Crippen LogP contribution in [0.5, 0.6) is 0 Å². The quantitative estimate of drug-likeness (QED) is 0.571. The summed E-state index contributed by atoms with van der Waals surface area (Å²) in [5.74, 6) is 0.800. The molecule has 0 atom stereocenters. The minimum Gasteiger partial charge on any atom is -0.352 e. The highest BCUT2D eigenvalue weighted by Crippen LogP contribution is 2.23. The Kier molecular flexibility index (Phi) is 7.08. The first kappa shape index (κ1) is 20.8. The second-order valence-electron chi connectivity index (χ2n) is 8.46. The van der Waals surface area contributed by atoms with E-state index in [2.05, 4.69) is 70.9 Å². The summed E-state index contributed by atoms with van der Waals surface area (Å²) in [6.45, 7) is 11.6. The molecule has 2 heterocycles. The third-order valence-corrected chi connectivity index (χ3v) is 5.89. The van der Waals surface area contributed by atoms with E-state index >= 15 is 0 Å². The molecule has 0 radical (unpaired) electrons. The van der Waals surface area contributed by atoms with Gasteiger partial charge in [-0.2, -0.15) is 0 Å². The van der Waals surface area contributed by atoms with Crippen molar-refractivity contribution in [1.29, 1.82) is 0 Å². The van der Waals surface area contributed by atoms with Gasteiger partial charge in [0.2, 0.25) is 0 Å². The largest absolute Gasteiger partial charge is 0.352 e. The number of aliphatic imine (C=N–C) groups is 1. The highest BCUT2D eigenvalue weighted by atomic mass is 32.1. The Balaban J connectivity index is 1.45. The van der Waals surface area contributed by atoms with Crippen molar-refractivity contribution in [1.82, 2.24) is 20.5 Å². The van der Waals surface area contributed by atoms with Crippen LogP contribution >= 0.6 is 11.3 Å². The van der Waals surface area contributed by atoms with E-state index in [-0.39, 0.29) is 5.41 Å². The molecular formula is C22H33N5S. The van der Waals surface area contributed by atoms with Gasteiger partial charge >= 0.3 is 0 Å². The molecule has 0 saturated carbocycles. The fourth-order valence-electron chi connectivity index (χ4n) is 3.26. The van der Waals surface area contributed by atoms with Crippen molar-refractivity contribution in [2.24, 2.45) is 4.99 Å². The predicted octanol–water partition coefficient (Wildman–Crippen LogP) is 3.90. The molecule has 5 nitrogen and oxygen atoms in total. The standard InChI is InChI=1S/C22H33N5S/c1-22(2,3)19-16-28-20(26-19)14-25-21(23-4)24-13-17-7-9-18(10-8-17)15-27-11-5-6-12-27/h7-10,16H,5-6,11-15H2,1-4H3,(H2,23,24,25). The lowest BCUT2D eigenvalue weighted by Gasteiger charge is -2.15. The van der Waals surface area contributed by atoms with Crippen LogP contribution in [0.1, 0.15) is 55.4 Å². The Bertz CT molecular complexity index is 767. The van der Waals surface area contributed by atoms with Gasteiger partial charge in [-0.3, -0.25) is 9.89 Å². The highest BCUT2D eigenvalue weighted by Gasteiger charge is 2.17. The number of benzene rings is 1. The second kappa shape index (κ2) is 9.52. The van der Waals surface area contributed by atoms with Crippen LogP contribution in [-0.2, 0) is 25.0 Å². The Morgan fingerprint density at radius 2 is 1.71 bits per heavy atom. The van der Waals surface area contributed by atoms with Crippen LogP contribution in [0.2, 0.25) is 0 Å². The number of likely N-dealkylation sites (tertiary alicyclic amines) is 1. The molecule has 152 valence electrons. The topological polar surface area (TPSA) is 52.6 Å². The maximum absolute atomic E-state index is 4.73. The summed E-state index contributed by atoms with van der Waals surface area (Å²) >= 11 is 1.70. The molecule has 1 saturated heterocycles. The Morgan fingerprint density at radius 1 is 1.07 bits per heavy atom. The smallest absolute Gasteiger partial charge is 0.191 e. The number of thiazole rings is 1. The van der Waals surface area contributed by atoms with E-state index < -0.39 is 0 Å². The maximum Gasteiger partial charge on any atom is 0.191 e. The maximum atomic E-state index is 4.73. The number of aromatic nitrogens is 1. The number of guanidine groups is 1. The molecule has 1 aromatic heterocycles. The fourth-order valence-corrected chi connectivity index (χ4v) is 4.22. The molecule has 6 heteroatoms. The molecule has 1 aliphatic rings. The van der Waals surface area contributed by atoms with Gasteiger partial charge in [-0.05, 0) is 37.1 Å². The lowest BCUT2D eigenvalue weighted by atomic mass is 9.93. The molecule has 28 heavy (non-hydrogen) atoms.